The van der Waals surface area contributed by atoms with Crippen molar-refractivity contribution in [3.8, 4) is 0 Å². The van der Waals surface area contributed by atoms with Crippen LogP contribution in [0.2, 0.25) is 15.1 Å². The second-order valence-corrected chi connectivity index (χ2v) is 14.7. The highest BCUT2D eigenvalue weighted by molar-refractivity contribution is 7.92. The number of benzene rings is 3. The predicted octanol–water partition coefficient (Wildman–Crippen LogP) is 6.98. The van der Waals surface area contributed by atoms with Gasteiger partial charge >= 0.3 is 0 Å². The number of likely N-dealkylation sites (tertiary alicyclic amines) is 1. The molecule has 0 radical (unpaired) electrons. The van der Waals surface area contributed by atoms with Crippen molar-refractivity contribution < 1.29 is 22.0 Å². The minimum atomic E-state index is -3.50. The van der Waals surface area contributed by atoms with Gasteiger partial charge in [0.2, 0.25) is 10.0 Å². The van der Waals surface area contributed by atoms with Crippen molar-refractivity contribution in [2.75, 3.05) is 50.3 Å². The molecule has 0 aromatic heterocycles. The number of sulfonamides is 1. The molecule has 0 N–H and O–H groups in total. The molecule has 2 heterocycles. The average Bonchev–Trinajstić information content (AvgIpc) is 3.28. The largest absolute Gasteiger partial charge is 0.341 e. The van der Waals surface area contributed by atoms with Crippen molar-refractivity contribution in [1.29, 1.82) is 0 Å². The van der Waals surface area contributed by atoms with Gasteiger partial charge in [0, 0.05) is 37.0 Å². The third-order valence-corrected chi connectivity index (χ3v) is 10.8. The number of halogens is 5. The lowest BCUT2D eigenvalue weighted by Crippen LogP contribution is -2.46. The maximum Gasteiger partial charge on any atom is 0.253 e. The summed E-state index contributed by atoms with van der Waals surface area (Å²) in [5.74, 6) is -1.33. The highest BCUT2D eigenvalue weighted by Gasteiger charge is 2.47. The number of anilines is 1. The van der Waals surface area contributed by atoms with Crippen LogP contribution in [-0.2, 0) is 15.4 Å². The van der Waals surface area contributed by atoms with Crippen LogP contribution in [0.1, 0.15) is 46.7 Å². The second-order valence-electron chi connectivity index (χ2n) is 11.5. The Morgan fingerprint density at radius 1 is 0.977 bits per heavy atom. The summed E-state index contributed by atoms with van der Waals surface area (Å²) in [6, 6.07) is 13.7. The Hall–Kier alpha value is -2.43. The minimum Gasteiger partial charge on any atom is -0.341 e. The Morgan fingerprint density at radius 2 is 1.70 bits per heavy atom. The Kier molecular flexibility index (Phi) is 9.31. The fourth-order valence-corrected chi connectivity index (χ4v) is 7.74. The van der Waals surface area contributed by atoms with Crippen LogP contribution in [0.25, 0.3) is 0 Å². The zero-order valence-corrected chi connectivity index (χ0v) is 26.9. The number of amides is 1. The molecule has 1 atom stereocenters. The van der Waals surface area contributed by atoms with Gasteiger partial charge in [-0.15, -0.1) is 0 Å². The van der Waals surface area contributed by atoms with Crippen LogP contribution in [0.5, 0.6) is 0 Å². The second kappa shape index (κ2) is 12.5. The summed E-state index contributed by atoms with van der Waals surface area (Å²) in [6.07, 6.45) is 3.27. The molecule has 1 unspecified atom stereocenters. The fraction of sp³-hybridized carbons (Fsp3) is 0.387. The van der Waals surface area contributed by atoms with Gasteiger partial charge in [0.15, 0.2) is 0 Å². The van der Waals surface area contributed by atoms with Crippen LogP contribution < -0.4 is 4.31 Å². The lowest BCUT2D eigenvalue weighted by Gasteiger charge is -2.40. The summed E-state index contributed by atoms with van der Waals surface area (Å²) in [6.45, 7) is 2.83. The van der Waals surface area contributed by atoms with E-state index in [1.807, 2.05) is 12.1 Å². The molecule has 1 saturated heterocycles. The van der Waals surface area contributed by atoms with E-state index in [-0.39, 0.29) is 22.7 Å². The number of piperidine rings is 1. The molecule has 2 aliphatic heterocycles. The lowest BCUT2D eigenvalue weighted by atomic mass is 9.74. The van der Waals surface area contributed by atoms with E-state index in [0.29, 0.717) is 66.7 Å². The number of hydrogen-bond acceptors (Lipinski definition) is 4. The van der Waals surface area contributed by atoms with Gasteiger partial charge in [-0.3, -0.25) is 9.10 Å². The monoisotopic (exact) mass is 669 g/mol. The molecule has 1 amide bonds. The van der Waals surface area contributed by atoms with E-state index in [1.165, 1.54) is 40.9 Å². The van der Waals surface area contributed by atoms with Gasteiger partial charge < -0.3 is 9.80 Å². The van der Waals surface area contributed by atoms with Gasteiger partial charge in [-0.2, -0.15) is 0 Å². The number of likely N-dealkylation sites (N-methyl/N-ethyl adjacent to an activating group) is 1. The summed E-state index contributed by atoms with van der Waals surface area (Å²) in [4.78, 5) is 17.1. The first kappa shape index (κ1) is 32.0. The zero-order chi connectivity index (χ0) is 31.1. The molecule has 230 valence electrons. The summed E-state index contributed by atoms with van der Waals surface area (Å²) in [5, 5.41) is 0.744. The molecule has 3 aromatic carbocycles. The first-order valence-electron chi connectivity index (χ1n) is 13.9. The highest BCUT2D eigenvalue weighted by Crippen LogP contribution is 2.48. The molecule has 5 rings (SSSR count). The number of nitrogens with zero attached hydrogens (tertiary/aromatic N) is 3. The smallest absolute Gasteiger partial charge is 0.253 e. The Balaban J connectivity index is 1.29. The quantitative estimate of drug-likeness (QED) is 0.260. The molecule has 43 heavy (non-hydrogen) atoms. The molecule has 1 spiro atoms. The molecular weight excluding hydrogens is 639 g/mol. The van der Waals surface area contributed by atoms with Crippen molar-refractivity contribution in [2.24, 2.45) is 0 Å². The topological polar surface area (TPSA) is 60.9 Å². The Labute approximate surface area is 266 Å². The van der Waals surface area contributed by atoms with Crippen LogP contribution in [0, 0.1) is 11.6 Å². The number of fused-ring (bicyclic) bond motifs is 2. The molecule has 12 heteroatoms. The van der Waals surface area contributed by atoms with Crippen molar-refractivity contribution >= 4 is 56.4 Å². The van der Waals surface area contributed by atoms with E-state index in [2.05, 4.69) is 4.90 Å². The van der Waals surface area contributed by atoms with Crippen molar-refractivity contribution in [1.82, 2.24) is 9.80 Å². The van der Waals surface area contributed by atoms with E-state index < -0.39 is 21.3 Å². The fourth-order valence-electron chi connectivity index (χ4n) is 6.25. The standard InChI is InChI=1S/C31H32Cl3F2N3O3S/c1-37(30(40)21-4-7-28(36)27(34)16-21)18-22(20-3-6-25(32)26(33)15-20)9-12-38-13-10-31(11-14-38)19-39(43(2,41)42)29-8-5-23(35)17-24(29)31/h3-8,15-17,22H,9-14,18-19H2,1-2H3. The van der Waals surface area contributed by atoms with E-state index >= 15 is 0 Å². The van der Waals surface area contributed by atoms with Crippen LogP contribution in [0.15, 0.2) is 54.6 Å². The first-order chi connectivity index (χ1) is 20.3. The molecule has 0 bridgehead atoms. The molecule has 6 nitrogen and oxygen atoms in total. The number of carbonyl (C=O) groups is 1. The SMILES string of the molecule is CN(CC(CCN1CCC2(CC1)CN(S(C)(=O)=O)c1ccc(F)cc12)c1ccc(Cl)c(Cl)c1)C(=O)c1ccc(F)c(Cl)c1. The number of rotatable bonds is 8. The third-order valence-electron chi connectivity index (χ3n) is 8.67. The molecule has 2 aliphatic rings. The molecule has 0 aliphatic carbocycles. The van der Waals surface area contributed by atoms with Gasteiger partial charge in [0.25, 0.3) is 5.91 Å². The summed E-state index contributed by atoms with van der Waals surface area (Å²) in [5.41, 5.74) is 2.10. The molecule has 1 fully saturated rings. The number of hydrogen-bond donors (Lipinski definition) is 0. The van der Waals surface area contributed by atoms with Crippen LogP contribution in [0.4, 0.5) is 14.5 Å². The third kappa shape index (κ3) is 6.81. The maximum atomic E-state index is 14.3. The van der Waals surface area contributed by atoms with Crippen molar-refractivity contribution in [2.45, 2.75) is 30.6 Å². The number of carbonyl (C=O) groups excluding carboxylic acids is 1. The summed E-state index contributed by atoms with van der Waals surface area (Å²) < 4.78 is 54.4. The van der Waals surface area contributed by atoms with Crippen molar-refractivity contribution in [3.05, 3.63) is 98.0 Å². The minimum absolute atomic E-state index is 0.0856. The zero-order valence-electron chi connectivity index (χ0n) is 23.8. The van der Waals surface area contributed by atoms with E-state index in [9.17, 15) is 22.0 Å². The molecule has 3 aromatic rings. The van der Waals surface area contributed by atoms with Crippen LogP contribution in [-0.4, -0.2) is 70.2 Å². The van der Waals surface area contributed by atoms with Crippen molar-refractivity contribution in [3.63, 3.8) is 0 Å². The van der Waals surface area contributed by atoms with E-state index in [0.717, 1.165) is 17.7 Å². The average molecular weight is 671 g/mol. The Bertz CT molecular complexity index is 1650. The normalized spacial score (nSPS) is 17.2. The summed E-state index contributed by atoms with van der Waals surface area (Å²) in [7, 11) is -1.81. The first-order valence-corrected chi connectivity index (χ1v) is 16.9. The molecule has 0 saturated carbocycles. The van der Waals surface area contributed by atoms with Crippen LogP contribution in [0.3, 0.4) is 0 Å². The van der Waals surface area contributed by atoms with E-state index in [4.69, 9.17) is 34.8 Å². The predicted molar refractivity (Wildman–Crippen MR) is 168 cm³/mol. The summed E-state index contributed by atoms with van der Waals surface area (Å²) >= 11 is 18.4. The van der Waals surface area contributed by atoms with Gasteiger partial charge in [-0.05, 0) is 98.6 Å². The Morgan fingerprint density at radius 3 is 2.35 bits per heavy atom. The van der Waals surface area contributed by atoms with Gasteiger partial charge in [0.05, 0.1) is 27.0 Å². The maximum absolute atomic E-state index is 14.3. The highest BCUT2D eigenvalue weighted by atomic mass is 35.5. The van der Waals surface area contributed by atoms with E-state index in [1.54, 1.807) is 24.1 Å². The van der Waals surface area contributed by atoms with Gasteiger partial charge in [-0.1, -0.05) is 40.9 Å². The van der Waals surface area contributed by atoms with Crippen LogP contribution >= 0.6 is 34.8 Å². The molecular formula is C31H32Cl3F2N3O3S. The van der Waals surface area contributed by atoms with Gasteiger partial charge in [0.1, 0.15) is 11.6 Å². The lowest BCUT2D eigenvalue weighted by molar-refractivity contribution is 0.0780. The van der Waals surface area contributed by atoms with Gasteiger partial charge in [-0.25, -0.2) is 17.2 Å².